The number of H-pyrrole nitrogens is 1. The number of anilines is 3. The normalized spacial score (nSPS) is 18.4. The Morgan fingerprint density at radius 1 is 1.10 bits per heavy atom. The van der Waals surface area contributed by atoms with Gasteiger partial charge in [-0.05, 0) is 31.9 Å². The molecule has 5 heterocycles. The van der Waals surface area contributed by atoms with Crippen LogP contribution in [0.1, 0.15) is 35.7 Å². The zero-order chi connectivity index (χ0) is 27.9. The number of likely N-dealkylation sites (tertiary alicyclic amines) is 1. The monoisotopic (exact) mass is 560 g/mol. The molecule has 13 heteroatoms. The Hall–Kier alpha value is -3.71. The average Bonchev–Trinajstić information content (AvgIpc) is 3.62. The summed E-state index contributed by atoms with van der Waals surface area (Å²) >= 11 is 0. The number of rotatable bonds is 6. The van der Waals surface area contributed by atoms with Gasteiger partial charge >= 0.3 is 6.18 Å². The molecule has 0 spiro atoms. The van der Waals surface area contributed by atoms with Gasteiger partial charge in [0.1, 0.15) is 11.5 Å². The van der Waals surface area contributed by atoms with Gasteiger partial charge in [0.05, 0.1) is 35.4 Å². The number of pyridine rings is 1. The zero-order valence-corrected chi connectivity index (χ0v) is 22.1. The molecular formula is C27H31F3N6O4. The third-order valence-electron chi connectivity index (χ3n) is 7.64. The minimum Gasteiger partial charge on any atom is -0.453 e. The van der Waals surface area contributed by atoms with Crippen molar-refractivity contribution in [3.05, 3.63) is 35.5 Å². The van der Waals surface area contributed by atoms with Crippen molar-refractivity contribution >= 4 is 34.1 Å². The Kier molecular flexibility index (Phi) is 7.09. The topological polar surface area (TPSA) is 104 Å². The molecule has 2 aromatic heterocycles. The Labute approximate surface area is 228 Å². The van der Waals surface area contributed by atoms with Crippen LogP contribution in [0, 0.1) is 0 Å². The number of hydrogen-bond acceptors (Lipinski definition) is 8. The summed E-state index contributed by atoms with van der Waals surface area (Å²) in [6, 6.07) is 5.37. The van der Waals surface area contributed by atoms with Crippen molar-refractivity contribution in [3.8, 4) is 11.5 Å². The number of nitrogens with one attached hydrogen (secondary N) is 3. The van der Waals surface area contributed by atoms with Crippen molar-refractivity contribution in [1.29, 1.82) is 0 Å². The fourth-order valence-corrected chi connectivity index (χ4v) is 5.70. The van der Waals surface area contributed by atoms with E-state index in [1.165, 1.54) is 6.07 Å². The number of alkyl halides is 3. The summed E-state index contributed by atoms with van der Waals surface area (Å²) in [5, 5.41) is 6.10. The molecular weight excluding hydrogens is 529 g/mol. The lowest BCUT2D eigenvalue weighted by Gasteiger charge is -2.40. The number of benzene rings is 1. The molecule has 2 saturated heterocycles. The molecule has 0 saturated carbocycles. The lowest BCUT2D eigenvalue weighted by Crippen LogP contribution is -2.50. The third kappa shape index (κ3) is 4.99. The van der Waals surface area contributed by atoms with Crippen LogP contribution in [0.4, 0.5) is 30.4 Å². The van der Waals surface area contributed by atoms with E-state index in [1.54, 1.807) is 19.1 Å². The quantitative estimate of drug-likeness (QED) is 0.407. The Morgan fingerprint density at radius 3 is 2.58 bits per heavy atom. The molecule has 10 nitrogen and oxygen atoms in total. The minimum atomic E-state index is -4.52. The number of aromatic nitrogens is 2. The van der Waals surface area contributed by atoms with E-state index in [2.05, 4.69) is 25.5 Å². The molecule has 2 fully saturated rings. The summed E-state index contributed by atoms with van der Waals surface area (Å²) in [6.45, 7) is 6.85. The number of piperidine rings is 1. The van der Waals surface area contributed by atoms with Gasteiger partial charge in [-0.2, -0.15) is 13.2 Å². The molecule has 214 valence electrons. The van der Waals surface area contributed by atoms with Crippen molar-refractivity contribution in [3.63, 3.8) is 0 Å². The first-order valence-corrected chi connectivity index (χ1v) is 13.5. The highest BCUT2D eigenvalue weighted by Gasteiger charge is 2.36. The Balaban J connectivity index is 1.22. The number of aromatic amines is 1. The summed E-state index contributed by atoms with van der Waals surface area (Å²) in [7, 11) is 0. The van der Waals surface area contributed by atoms with Gasteiger partial charge in [0.2, 0.25) is 6.79 Å². The molecule has 6 rings (SSSR count). The van der Waals surface area contributed by atoms with Gasteiger partial charge in [-0.15, -0.1) is 0 Å². The van der Waals surface area contributed by atoms with Crippen LogP contribution in [0.5, 0.6) is 11.5 Å². The van der Waals surface area contributed by atoms with Crippen molar-refractivity contribution in [2.75, 3.05) is 63.4 Å². The second-order valence-corrected chi connectivity index (χ2v) is 10.0. The van der Waals surface area contributed by atoms with E-state index in [0.29, 0.717) is 59.9 Å². The zero-order valence-electron chi connectivity index (χ0n) is 22.1. The number of ether oxygens (including phenoxy) is 3. The first kappa shape index (κ1) is 26.5. The molecule has 3 N–H and O–H groups in total. The molecule has 3 aromatic rings. The second-order valence-electron chi connectivity index (χ2n) is 10.0. The molecule has 3 aliphatic heterocycles. The van der Waals surface area contributed by atoms with E-state index in [9.17, 15) is 18.0 Å². The smallest absolute Gasteiger partial charge is 0.418 e. The molecule has 0 aliphatic carbocycles. The van der Waals surface area contributed by atoms with Crippen LogP contribution in [0.3, 0.4) is 0 Å². The molecule has 0 bridgehead atoms. The minimum absolute atomic E-state index is 0.0250. The maximum absolute atomic E-state index is 13.6. The lowest BCUT2D eigenvalue weighted by atomic mass is 10.0. The summed E-state index contributed by atoms with van der Waals surface area (Å²) < 4.78 is 57.5. The van der Waals surface area contributed by atoms with E-state index in [1.807, 2.05) is 4.90 Å². The van der Waals surface area contributed by atoms with Crippen LogP contribution in [0.15, 0.2) is 24.4 Å². The third-order valence-corrected chi connectivity index (χ3v) is 7.64. The highest BCUT2D eigenvalue weighted by atomic mass is 19.4. The molecule has 0 unspecified atom stereocenters. The van der Waals surface area contributed by atoms with E-state index in [-0.39, 0.29) is 23.7 Å². The number of carbonyl (C=O) groups is 1. The largest absolute Gasteiger partial charge is 0.453 e. The molecule has 0 atom stereocenters. The van der Waals surface area contributed by atoms with Crippen LogP contribution in [0.25, 0.3) is 11.0 Å². The standard InChI is InChI=1S/C27H31F3N6O4/c1-2-31-20-13-21(34-25-22(20)18(14-32-25)27(28,29)30)33-19-4-3-17(23-24(19)40-15-39-23)26(37)36-7-5-16(6-8-36)35-9-11-38-12-10-35/h3-4,13-14,16H,2,5-12,15H2,1H3,(H3,31,32,33,34). The molecule has 0 radical (unpaired) electrons. The van der Waals surface area contributed by atoms with E-state index in [0.717, 1.165) is 45.3 Å². The van der Waals surface area contributed by atoms with Crippen molar-refractivity contribution < 1.29 is 32.2 Å². The van der Waals surface area contributed by atoms with Crippen LogP contribution in [-0.2, 0) is 10.9 Å². The Morgan fingerprint density at radius 2 is 1.85 bits per heavy atom. The predicted molar refractivity (Wildman–Crippen MR) is 142 cm³/mol. The summed E-state index contributed by atoms with van der Waals surface area (Å²) in [5.74, 6) is 0.899. The van der Waals surface area contributed by atoms with Gasteiger partial charge in [0, 0.05) is 56.7 Å². The van der Waals surface area contributed by atoms with Gasteiger partial charge < -0.3 is 34.7 Å². The van der Waals surface area contributed by atoms with Crippen molar-refractivity contribution in [1.82, 2.24) is 19.8 Å². The fourth-order valence-electron chi connectivity index (χ4n) is 5.70. The lowest BCUT2D eigenvalue weighted by molar-refractivity contribution is -0.136. The number of nitrogens with zero attached hydrogens (tertiary/aromatic N) is 3. The fraction of sp³-hybridized carbons (Fsp3) is 0.481. The van der Waals surface area contributed by atoms with E-state index < -0.39 is 11.7 Å². The van der Waals surface area contributed by atoms with Crippen LogP contribution >= 0.6 is 0 Å². The molecule has 1 amide bonds. The SMILES string of the molecule is CCNc1cc(Nc2ccc(C(=O)N3CCC(N4CCOCC4)CC3)c3c2OCO3)nc2[nH]cc(C(F)(F)F)c12. The number of fused-ring (bicyclic) bond motifs is 2. The maximum Gasteiger partial charge on any atom is 0.418 e. The number of morpholine rings is 1. The highest BCUT2D eigenvalue weighted by molar-refractivity contribution is 6.00. The number of halogens is 3. The molecule has 1 aromatic carbocycles. The van der Waals surface area contributed by atoms with E-state index in [4.69, 9.17) is 14.2 Å². The first-order chi connectivity index (χ1) is 19.3. The van der Waals surface area contributed by atoms with Gasteiger partial charge in [0.25, 0.3) is 5.91 Å². The summed E-state index contributed by atoms with van der Waals surface area (Å²) in [4.78, 5) is 24.8. The van der Waals surface area contributed by atoms with Gasteiger partial charge in [0.15, 0.2) is 11.5 Å². The van der Waals surface area contributed by atoms with Crippen LogP contribution in [0.2, 0.25) is 0 Å². The molecule has 40 heavy (non-hydrogen) atoms. The van der Waals surface area contributed by atoms with Crippen LogP contribution in [-0.4, -0.2) is 84.4 Å². The Bertz CT molecular complexity index is 1400. The van der Waals surface area contributed by atoms with E-state index >= 15 is 0 Å². The highest BCUT2D eigenvalue weighted by Crippen LogP contribution is 2.44. The number of hydrogen-bond donors (Lipinski definition) is 3. The first-order valence-electron chi connectivity index (χ1n) is 13.5. The predicted octanol–water partition coefficient (Wildman–Crippen LogP) is 4.42. The van der Waals surface area contributed by atoms with Gasteiger partial charge in [-0.3, -0.25) is 9.69 Å². The van der Waals surface area contributed by atoms with Crippen LogP contribution < -0.4 is 20.1 Å². The summed E-state index contributed by atoms with van der Waals surface area (Å²) in [5.41, 5.74) is 0.511. The molecule has 3 aliphatic rings. The van der Waals surface area contributed by atoms with Crippen molar-refractivity contribution in [2.45, 2.75) is 32.0 Å². The summed E-state index contributed by atoms with van der Waals surface area (Å²) in [6.07, 6.45) is -1.80. The average molecular weight is 561 g/mol. The maximum atomic E-state index is 13.6. The van der Waals surface area contributed by atoms with Crippen molar-refractivity contribution in [2.24, 2.45) is 0 Å². The second kappa shape index (κ2) is 10.7. The number of carbonyl (C=O) groups excluding carboxylic acids is 1. The van der Waals surface area contributed by atoms with Gasteiger partial charge in [-0.25, -0.2) is 4.98 Å². The van der Waals surface area contributed by atoms with Gasteiger partial charge in [-0.1, -0.05) is 0 Å². The number of amides is 1.